The van der Waals surface area contributed by atoms with Gasteiger partial charge in [0.1, 0.15) is 12.4 Å². The standard InChI is InChI=1S/C24H26N2O4/c1-15-20(16(2)30-26-15)14-29-22-12-11-18(13-23(22)28-3)24(27)25-21-10-6-8-17-7-4-5-9-19(17)21/h4-5,7,9,11-13,21H,6,8,10,14H2,1-3H3,(H,25,27)/t21-/m1/s1. The number of hydrogen-bond donors (Lipinski definition) is 1. The van der Waals surface area contributed by atoms with Crippen LogP contribution >= 0.6 is 0 Å². The van der Waals surface area contributed by atoms with Gasteiger partial charge in [0.05, 0.1) is 24.4 Å². The fourth-order valence-electron chi connectivity index (χ4n) is 3.93. The Kier molecular flexibility index (Phi) is 5.74. The summed E-state index contributed by atoms with van der Waals surface area (Å²) in [5, 5.41) is 7.12. The maximum absolute atomic E-state index is 12.9. The van der Waals surface area contributed by atoms with E-state index in [1.807, 2.05) is 19.9 Å². The van der Waals surface area contributed by atoms with Gasteiger partial charge in [-0.2, -0.15) is 0 Å². The van der Waals surface area contributed by atoms with Crippen molar-refractivity contribution in [3.05, 3.63) is 76.2 Å². The molecule has 156 valence electrons. The largest absolute Gasteiger partial charge is 0.493 e. The summed E-state index contributed by atoms with van der Waals surface area (Å²) in [7, 11) is 1.57. The molecule has 4 rings (SSSR count). The van der Waals surface area contributed by atoms with Crippen LogP contribution in [-0.2, 0) is 13.0 Å². The number of benzene rings is 2. The highest BCUT2D eigenvalue weighted by molar-refractivity contribution is 5.95. The van der Waals surface area contributed by atoms with Crippen LogP contribution in [0.4, 0.5) is 0 Å². The average Bonchev–Trinajstić information content (AvgIpc) is 3.09. The number of rotatable bonds is 6. The Labute approximate surface area is 176 Å². The second-order valence-corrected chi connectivity index (χ2v) is 7.57. The summed E-state index contributed by atoms with van der Waals surface area (Å²) >= 11 is 0. The SMILES string of the molecule is COc1cc(C(=O)N[C@@H]2CCCc3ccccc32)ccc1OCc1c(C)noc1C. The molecule has 1 aliphatic rings. The van der Waals surface area contributed by atoms with Crippen LogP contribution in [0, 0.1) is 13.8 Å². The molecule has 3 aromatic rings. The van der Waals surface area contributed by atoms with Crippen LogP contribution < -0.4 is 14.8 Å². The van der Waals surface area contributed by atoms with E-state index in [9.17, 15) is 4.79 Å². The molecule has 0 saturated heterocycles. The lowest BCUT2D eigenvalue weighted by Gasteiger charge is -2.26. The Bertz CT molecular complexity index is 1040. The normalized spacial score (nSPS) is 15.4. The summed E-state index contributed by atoms with van der Waals surface area (Å²) < 4.78 is 16.6. The Hall–Kier alpha value is -3.28. The van der Waals surface area contributed by atoms with Gasteiger partial charge in [-0.05, 0) is 62.4 Å². The molecule has 0 radical (unpaired) electrons. The molecule has 1 atom stereocenters. The van der Waals surface area contributed by atoms with Crippen molar-refractivity contribution in [1.29, 1.82) is 0 Å². The quantitative estimate of drug-likeness (QED) is 0.643. The van der Waals surface area contributed by atoms with Gasteiger partial charge in [-0.25, -0.2) is 0 Å². The van der Waals surface area contributed by atoms with Gasteiger partial charge in [-0.1, -0.05) is 29.4 Å². The van der Waals surface area contributed by atoms with Crippen molar-refractivity contribution in [3.63, 3.8) is 0 Å². The zero-order valence-corrected chi connectivity index (χ0v) is 17.5. The van der Waals surface area contributed by atoms with Gasteiger partial charge in [-0.3, -0.25) is 4.79 Å². The minimum absolute atomic E-state index is 0.0314. The monoisotopic (exact) mass is 406 g/mol. The number of carbonyl (C=O) groups is 1. The van der Waals surface area contributed by atoms with Gasteiger partial charge < -0.3 is 19.3 Å². The summed E-state index contributed by atoms with van der Waals surface area (Å²) in [6.07, 6.45) is 3.08. The molecule has 1 heterocycles. The maximum atomic E-state index is 12.9. The molecule has 6 nitrogen and oxygen atoms in total. The predicted octanol–water partition coefficient (Wildman–Crippen LogP) is 4.69. The molecule has 30 heavy (non-hydrogen) atoms. The summed E-state index contributed by atoms with van der Waals surface area (Å²) in [6.45, 7) is 4.05. The van der Waals surface area contributed by atoms with Crippen molar-refractivity contribution in [2.24, 2.45) is 0 Å². The Balaban J connectivity index is 1.48. The number of nitrogens with one attached hydrogen (secondary N) is 1. The Morgan fingerprint density at radius 2 is 2.03 bits per heavy atom. The summed E-state index contributed by atoms with van der Waals surface area (Å²) in [5.41, 5.74) is 4.78. The third-order valence-corrected chi connectivity index (χ3v) is 5.65. The van der Waals surface area contributed by atoms with Crippen molar-refractivity contribution in [2.45, 2.75) is 45.8 Å². The second kappa shape index (κ2) is 8.61. The van der Waals surface area contributed by atoms with Gasteiger partial charge in [0, 0.05) is 5.56 Å². The van der Waals surface area contributed by atoms with Crippen molar-refractivity contribution < 1.29 is 18.8 Å². The molecular formula is C24H26N2O4. The van der Waals surface area contributed by atoms with E-state index in [0.29, 0.717) is 23.7 Å². The van der Waals surface area contributed by atoms with E-state index in [0.717, 1.165) is 36.3 Å². The molecule has 1 amide bonds. The molecule has 1 N–H and O–H groups in total. The van der Waals surface area contributed by atoms with Gasteiger partial charge in [0.2, 0.25) is 0 Å². The number of ether oxygens (including phenoxy) is 2. The molecule has 1 aromatic heterocycles. The zero-order chi connectivity index (χ0) is 21.1. The summed E-state index contributed by atoms with van der Waals surface area (Å²) in [6, 6.07) is 13.6. The number of nitrogens with zero attached hydrogens (tertiary/aromatic N) is 1. The lowest BCUT2D eigenvalue weighted by molar-refractivity contribution is 0.0932. The van der Waals surface area contributed by atoms with Crippen molar-refractivity contribution >= 4 is 5.91 Å². The molecule has 1 aliphatic carbocycles. The first kappa shape index (κ1) is 20.0. The van der Waals surface area contributed by atoms with E-state index >= 15 is 0 Å². The first-order valence-electron chi connectivity index (χ1n) is 10.2. The van der Waals surface area contributed by atoms with Crippen LogP contribution in [0.1, 0.15) is 57.4 Å². The van der Waals surface area contributed by atoms with Crippen molar-refractivity contribution in [3.8, 4) is 11.5 Å². The number of fused-ring (bicyclic) bond motifs is 1. The Morgan fingerprint density at radius 1 is 1.20 bits per heavy atom. The van der Waals surface area contributed by atoms with E-state index < -0.39 is 0 Å². The smallest absolute Gasteiger partial charge is 0.251 e. The number of aryl methyl sites for hydroxylation is 3. The molecule has 6 heteroatoms. The third kappa shape index (κ3) is 4.03. The first-order valence-corrected chi connectivity index (χ1v) is 10.2. The van der Waals surface area contributed by atoms with E-state index in [4.69, 9.17) is 14.0 Å². The van der Waals surface area contributed by atoms with Crippen LogP contribution in [0.25, 0.3) is 0 Å². The molecule has 0 aliphatic heterocycles. The van der Waals surface area contributed by atoms with Gasteiger partial charge in [0.15, 0.2) is 11.5 Å². The molecule has 0 saturated carbocycles. The lowest BCUT2D eigenvalue weighted by Crippen LogP contribution is -2.31. The van der Waals surface area contributed by atoms with Crippen LogP contribution in [-0.4, -0.2) is 18.2 Å². The van der Waals surface area contributed by atoms with Crippen molar-refractivity contribution in [1.82, 2.24) is 10.5 Å². The number of carbonyl (C=O) groups excluding carboxylic acids is 1. The lowest BCUT2D eigenvalue weighted by atomic mass is 9.87. The highest BCUT2D eigenvalue weighted by Gasteiger charge is 2.22. The van der Waals surface area contributed by atoms with Crippen LogP contribution in [0.3, 0.4) is 0 Å². The molecule has 0 unspecified atom stereocenters. The predicted molar refractivity (Wildman–Crippen MR) is 113 cm³/mol. The molecule has 0 spiro atoms. The number of amides is 1. The fraction of sp³-hybridized carbons (Fsp3) is 0.333. The average molecular weight is 406 g/mol. The molecule has 0 bridgehead atoms. The third-order valence-electron chi connectivity index (χ3n) is 5.65. The highest BCUT2D eigenvalue weighted by atomic mass is 16.5. The number of methoxy groups -OCH3 is 1. The van der Waals surface area contributed by atoms with Gasteiger partial charge >= 0.3 is 0 Å². The van der Waals surface area contributed by atoms with Crippen LogP contribution in [0.5, 0.6) is 11.5 Å². The Morgan fingerprint density at radius 3 is 2.80 bits per heavy atom. The number of hydrogen-bond acceptors (Lipinski definition) is 5. The van der Waals surface area contributed by atoms with Crippen LogP contribution in [0.2, 0.25) is 0 Å². The summed E-state index contributed by atoms with van der Waals surface area (Å²) in [5.74, 6) is 1.69. The second-order valence-electron chi connectivity index (χ2n) is 7.57. The maximum Gasteiger partial charge on any atom is 0.251 e. The minimum Gasteiger partial charge on any atom is -0.493 e. The zero-order valence-electron chi connectivity index (χ0n) is 17.5. The topological polar surface area (TPSA) is 73.6 Å². The van der Waals surface area contributed by atoms with E-state index in [1.165, 1.54) is 11.1 Å². The molecule has 2 aromatic carbocycles. The summed E-state index contributed by atoms with van der Waals surface area (Å²) in [4.78, 5) is 12.9. The van der Waals surface area contributed by atoms with E-state index in [2.05, 4.69) is 28.7 Å². The van der Waals surface area contributed by atoms with Gasteiger partial charge in [-0.15, -0.1) is 0 Å². The molecule has 0 fully saturated rings. The molecular weight excluding hydrogens is 380 g/mol. The van der Waals surface area contributed by atoms with Crippen molar-refractivity contribution in [2.75, 3.05) is 7.11 Å². The first-order chi connectivity index (χ1) is 14.6. The minimum atomic E-state index is -0.118. The fourth-order valence-corrected chi connectivity index (χ4v) is 3.93. The number of aromatic nitrogens is 1. The van der Waals surface area contributed by atoms with E-state index in [-0.39, 0.29) is 11.9 Å². The van der Waals surface area contributed by atoms with E-state index in [1.54, 1.807) is 25.3 Å². The van der Waals surface area contributed by atoms with Crippen LogP contribution in [0.15, 0.2) is 47.0 Å². The van der Waals surface area contributed by atoms with Gasteiger partial charge in [0.25, 0.3) is 5.91 Å². The highest BCUT2D eigenvalue weighted by Crippen LogP contribution is 2.32.